The van der Waals surface area contributed by atoms with E-state index < -0.39 is 6.29 Å². The van der Waals surface area contributed by atoms with Crippen molar-refractivity contribution in [1.29, 1.82) is 0 Å². The minimum atomic E-state index is -0.485. The van der Waals surface area contributed by atoms with E-state index in [4.69, 9.17) is 9.47 Å². The summed E-state index contributed by atoms with van der Waals surface area (Å²) in [5.41, 5.74) is 1.67. The summed E-state index contributed by atoms with van der Waals surface area (Å²) in [4.78, 5) is 29.4. The molecule has 1 fully saturated rings. The molecule has 2 N–H and O–H groups in total. The maximum absolute atomic E-state index is 12.4. The molecular formula is C18H26N4O4. The lowest BCUT2D eigenvalue weighted by Crippen LogP contribution is -2.51. The number of carbonyl (C=O) groups excluding carboxylic acids is 1. The zero-order chi connectivity index (χ0) is 18.7. The highest BCUT2D eigenvalue weighted by Gasteiger charge is 2.27. The van der Waals surface area contributed by atoms with Gasteiger partial charge in [-0.2, -0.15) is 0 Å². The highest BCUT2D eigenvalue weighted by Crippen LogP contribution is 2.24. The van der Waals surface area contributed by atoms with Gasteiger partial charge in [-0.3, -0.25) is 4.57 Å². The van der Waals surface area contributed by atoms with Gasteiger partial charge >= 0.3 is 11.7 Å². The Labute approximate surface area is 152 Å². The Bertz CT molecular complexity index is 803. The number of methoxy groups -OCH3 is 2. The number of fused-ring (bicyclic) bond motifs is 1. The van der Waals surface area contributed by atoms with Gasteiger partial charge in [-0.05, 0) is 31.9 Å². The van der Waals surface area contributed by atoms with E-state index in [1.807, 2.05) is 35.8 Å². The molecule has 1 unspecified atom stereocenters. The minimum Gasteiger partial charge on any atom is -0.354 e. The molecule has 8 heteroatoms. The predicted octanol–water partition coefficient (Wildman–Crippen LogP) is 1.68. The maximum Gasteiger partial charge on any atom is 0.326 e. The number of imidazole rings is 1. The highest BCUT2D eigenvalue weighted by atomic mass is 16.7. The largest absolute Gasteiger partial charge is 0.354 e. The SMILES string of the molecule is COC(OC)C(C)NC(=O)N1CCC(n2c(=O)[nH]c3ccccc32)CC1. The molecule has 1 aromatic carbocycles. The van der Waals surface area contributed by atoms with Crippen molar-refractivity contribution in [2.75, 3.05) is 27.3 Å². The van der Waals surface area contributed by atoms with E-state index in [-0.39, 0.29) is 23.8 Å². The number of benzene rings is 1. The molecule has 1 aliphatic heterocycles. The van der Waals surface area contributed by atoms with E-state index in [2.05, 4.69) is 10.3 Å². The minimum absolute atomic E-state index is 0.0887. The number of amides is 2. The monoisotopic (exact) mass is 362 g/mol. The van der Waals surface area contributed by atoms with Crippen molar-refractivity contribution in [2.24, 2.45) is 0 Å². The average Bonchev–Trinajstić information content (AvgIpc) is 2.98. The van der Waals surface area contributed by atoms with E-state index >= 15 is 0 Å². The van der Waals surface area contributed by atoms with Crippen molar-refractivity contribution in [3.63, 3.8) is 0 Å². The standard InChI is InChI=1S/C18H26N4O4/c1-12(16(25-2)26-3)19-17(23)21-10-8-13(9-11-21)22-15-7-5-4-6-14(15)20-18(22)24/h4-7,12-13,16H,8-11H2,1-3H3,(H,19,23)(H,20,24). The van der Waals surface area contributed by atoms with E-state index in [0.29, 0.717) is 13.1 Å². The summed E-state index contributed by atoms with van der Waals surface area (Å²) in [6.07, 6.45) is 0.990. The lowest BCUT2D eigenvalue weighted by Gasteiger charge is -2.34. The Morgan fingerprint density at radius 3 is 2.54 bits per heavy atom. The topological polar surface area (TPSA) is 88.6 Å². The Kier molecular flexibility index (Phi) is 5.63. The zero-order valence-corrected chi connectivity index (χ0v) is 15.4. The van der Waals surface area contributed by atoms with Crippen LogP contribution in [0.15, 0.2) is 29.1 Å². The van der Waals surface area contributed by atoms with Crippen molar-refractivity contribution in [2.45, 2.75) is 38.1 Å². The molecule has 1 saturated heterocycles. The maximum atomic E-state index is 12.4. The van der Waals surface area contributed by atoms with Gasteiger partial charge in [-0.25, -0.2) is 9.59 Å². The molecule has 3 rings (SSSR count). The van der Waals surface area contributed by atoms with Crippen molar-refractivity contribution in [3.8, 4) is 0 Å². The number of likely N-dealkylation sites (tertiary alicyclic amines) is 1. The van der Waals surface area contributed by atoms with Crippen LogP contribution in [0.25, 0.3) is 11.0 Å². The number of carbonyl (C=O) groups is 1. The van der Waals surface area contributed by atoms with Gasteiger partial charge in [0.05, 0.1) is 17.1 Å². The highest BCUT2D eigenvalue weighted by molar-refractivity contribution is 5.75. The molecule has 2 amide bonds. The smallest absolute Gasteiger partial charge is 0.326 e. The number of nitrogens with zero attached hydrogens (tertiary/aromatic N) is 2. The van der Waals surface area contributed by atoms with Gasteiger partial charge in [0, 0.05) is 33.4 Å². The number of nitrogens with one attached hydrogen (secondary N) is 2. The Balaban J connectivity index is 1.63. The first kappa shape index (κ1) is 18.5. The molecule has 8 nitrogen and oxygen atoms in total. The van der Waals surface area contributed by atoms with Crippen LogP contribution >= 0.6 is 0 Å². The summed E-state index contributed by atoms with van der Waals surface area (Å²) in [7, 11) is 3.09. The first-order valence-corrected chi connectivity index (χ1v) is 8.85. The molecule has 0 bridgehead atoms. The first-order valence-electron chi connectivity index (χ1n) is 8.85. The number of urea groups is 1. The predicted molar refractivity (Wildman–Crippen MR) is 98.2 cm³/mol. The second-order valence-corrected chi connectivity index (χ2v) is 6.61. The van der Waals surface area contributed by atoms with E-state index in [1.54, 1.807) is 19.1 Å². The molecule has 2 heterocycles. The normalized spacial score (nSPS) is 17.0. The van der Waals surface area contributed by atoms with E-state index in [9.17, 15) is 9.59 Å². The number of aromatic amines is 1. The molecule has 0 spiro atoms. The number of H-pyrrole nitrogens is 1. The quantitative estimate of drug-likeness (QED) is 0.792. The van der Waals surface area contributed by atoms with Gasteiger partial charge in [0.2, 0.25) is 0 Å². The second kappa shape index (κ2) is 7.92. The Hall–Kier alpha value is -2.32. The van der Waals surface area contributed by atoms with Crippen LogP contribution in [0.1, 0.15) is 25.8 Å². The van der Waals surface area contributed by atoms with Gasteiger partial charge in [-0.1, -0.05) is 12.1 Å². The molecule has 1 aromatic heterocycles. The number of para-hydroxylation sites is 2. The summed E-state index contributed by atoms with van der Waals surface area (Å²) in [5, 5.41) is 2.90. The van der Waals surface area contributed by atoms with Crippen LogP contribution in [0, 0.1) is 0 Å². The van der Waals surface area contributed by atoms with Gasteiger partial charge in [-0.15, -0.1) is 0 Å². The van der Waals surface area contributed by atoms with Crippen molar-refractivity contribution >= 4 is 17.1 Å². The fraction of sp³-hybridized carbons (Fsp3) is 0.556. The van der Waals surface area contributed by atoms with Crippen molar-refractivity contribution < 1.29 is 14.3 Å². The second-order valence-electron chi connectivity index (χ2n) is 6.61. The van der Waals surface area contributed by atoms with Gasteiger partial charge in [0.25, 0.3) is 0 Å². The lowest BCUT2D eigenvalue weighted by molar-refractivity contribution is -0.117. The van der Waals surface area contributed by atoms with Crippen LogP contribution in [-0.4, -0.2) is 60.1 Å². The van der Waals surface area contributed by atoms with Crippen LogP contribution in [0.4, 0.5) is 4.79 Å². The number of ether oxygens (including phenoxy) is 2. The molecule has 0 saturated carbocycles. The van der Waals surface area contributed by atoms with Gasteiger partial charge in [0.1, 0.15) is 0 Å². The zero-order valence-electron chi connectivity index (χ0n) is 15.4. The summed E-state index contributed by atoms with van der Waals surface area (Å²) >= 11 is 0. The molecule has 142 valence electrons. The molecule has 0 aliphatic carbocycles. The summed E-state index contributed by atoms with van der Waals surface area (Å²) in [5.74, 6) is 0. The van der Waals surface area contributed by atoms with Crippen LogP contribution in [0.5, 0.6) is 0 Å². The molecule has 2 aromatic rings. The number of aromatic nitrogens is 2. The van der Waals surface area contributed by atoms with Crippen LogP contribution in [0.3, 0.4) is 0 Å². The number of hydrogen-bond donors (Lipinski definition) is 2. The number of piperidine rings is 1. The van der Waals surface area contributed by atoms with Gasteiger partial charge in [0.15, 0.2) is 6.29 Å². The van der Waals surface area contributed by atoms with Crippen molar-refractivity contribution in [1.82, 2.24) is 19.8 Å². The van der Waals surface area contributed by atoms with Crippen LogP contribution in [0.2, 0.25) is 0 Å². The third kappa shape index (κ3) is 3.61. The third-order valence-electron chi connectivity index (χ3n) is 4.96. The summed E-state index contributed by atoms with van der Waals surface area (Å²) < 4.78 is 12.2. The van der Waals surface area contributed by atoms with Crippen LogP contribution < -0.4 is 11.0 Å². The molecule has 26 heavy (non-hydrogen) atoms. The fourth-order valence-corrected chi connectivity index (χ4v) is 3.62. The lowest BCUT2D eigenvalue weighted by atomic mass is 10.0. The van der Waals surface area contributed by atoms with Gasteiger partial charge < -0.3 is 24.7 Å². The van der Waals surface area contributed by atoms with E-state index in [0.717, 1.165) is 23.9 Å². The summed E-state index contributed by atoms with van der Waals surface area (Å²) in [6.45, 7) is 3.04. The Morgan fingerprint density at radius 1 is 1.23 bits per heavy atom. The van der Waals surface area contributed by atoms with E-state index in [1.165, 1.54) is 0 Å². The average molecular weight is 362 g/mol. The molecular weight excluding hydrogens is 336 g/mol. The fourth-order valence-electron chi connectivity index (χ4n) is 3.62. The third-order valence-corrected chi connectivity index (χ3v) is 4.96. The molecule has 1 atom stereocenters. The molecule has 1 aliphatic rings. The first-order chi connectivity index (χ1) is 12.5. The summed E-state index contributed by atoms with van der Waals surface area (Å²) in [6, 6.07) is 7.38. The number of hydrogen-bond acceptors (Lipinski definition) is 4. The molecule has 0 radical (unpaired) electrons. The number of rotatable bonds is 5. The Morgan fingerprint density at radius 2 is 1.88 bits per heavy atom. The van der Waals surface area contributed by atoms with Crippen molar-refractivity contribution in [3.05, 3.63) is 34.7 Å². The van der Waals surface area contributed by atoms with Crippen LogP contribution in [-0.2, 0) is 9.47 Å².